The second-order valence-corrected chi connectivity index (χ2v) is 6.79. The fraction of sp³-hybridized carbons (Fsp3) is 0.556. The summed E-state index contributed by atoms with van der Waals surface area (Å²) in [6.07, 6.45) is 2.25. The summed E-state index contributed by atoms with van der Waals surface area (Å²) in [5, 5.41) is 9.18. The topological polar surface area (TPSA) is 70.2 Å². The molecule has 0 radical (unpaired) electrons. The maximum atomic E-state index is 12.3. The SMILES string of the molecule is CC(C)CC(=O)Nc1ccc(NC(=O)[C@H]2CCN[C@@H](C)C2)cc1. The Bertz CT molecular complexity index is 540. The van der Waals surface area contributed by atoms with Crippen LogP contribution in [0.25, 0.3) is 0 Å². The van der Waals surface area contributed by atoms with E-state index in [9.17, 15) is 9.59 Å². The van der Waals surface area contributed by atoms with Gasteiger partial charge in [-0.2, -0.15) is 0 Å². The molecule has 23 heavy (non-hydrogen) atoms. The summed E-state index contributed by atoms with van der Waals surface area (Å²) in [6.45, 7) is 7.02. The molecule has 0 saturated carbocycles. The maximum absolute atomic E-state index is 12.3. The van der Waals surface area contributed by atoms with E-state index >= 15 is 0 Å². The van der Waals surface area contributed by atoms with Gasteiger partial charge in [-0.15, -0.1) is 0 Å². The average Bonchev–Trinajstić information content (AvgIpc) is 2.48. The summed E-state index contributed by atoms with van der Waals surface area (Å²) in [6, 6.07) is 7.68. The van der Waals surface area contributed by atoms with Gasteiger partial charge in [0.1, 0.15) is 0 Å². The molecule has 5 heteroatoms. The standard InChI is InChI=1S/C18H27N3O2/c1-12(2)10-17(22)20-15-4-6-16(7-5-15)21-18(23)14-8-9-19-13(3)11-14/h4-7,12-14,19H,8-11H2,1-3H3,(H,20,22)(H,21,23)/t13-,14-/m0/s1. The third-order valence-corrected chi connectivity index (χ3v) is 4.02. The lowest BCUT2D eigenvalue weighted by Gasteiger charge is -2.27. The van der Waals surface area contributed by atoms with Crippen molar-refractivity contribution in [2.75, 3.05) is 17.2 Å². The molecule has 2 amide bonds. The quantitative estimate of drug-likeness (QED) is 0.782. The number of hydrogen-bond donors (Lipinski definition) is 3. The molecule has 126 valence electrons. The van der Waals surface area contributed by atoms with Crippen molar-refractivity contribution < 1.29 is 9.59 Å². The van der Waals surface area contributed by atoms with E-state index < -0.39 is 0 Å². The number of carbonyl (C=O) groups is 2. The van der Waals surface area contributed by atoms with E-state index in [2.05, 4.69) is 22.9 Å². The Morgan fingerprint density at radius 2 is 1.78 bits per heavy atom. The molecule has 2 atom stereocenters. The van der Waals surface area contributed by atoms with Crippen LogP contribution < -0.4 is 16.0 Å². The van der Waals surface area contributed by atoms with Crippen LogP contribution in [0.4, 0.5) is 11.4 Å². The first-order valence-electron chi connectivity index (χ1n) is 8.38. The third kappa shape index (κ3) is 5.67. The van der Waals surface area contributed by atoms with E-state index in [1.807, 2.05) is 38.1 Å². The highest BCUT2D eigenvalue weighted by molar-refractivity contribution is 5.94. The molecule has 1 aliphatic rings. The summed E-state index contributed by atoms with van der Waals surface area (Å²) >= 11 is 0. The molecule has 1 aliphatic heterocycles. The van der Waals surface area contributed by atoms with Gasteiger partial charge in [-0.05, 0) is 56.5 Å². The van der Waals surface area contributed by atoms with Gasteiger partial charge in [0.15, 0.2) is 0 Å². The third-order valence-electron chi connectivity index (χ3n) is 4.02. The van der Waals surface area contributed by atoms with E-state index in [-0.39, 0.29) is 17.7 Å². The highest BCUT2D eigenvalue weighted by atomic mass is 16.2. The second-order valence-electron chi connectivity index (χ2n) is 6.79. The number of anilines is 2. The second kappa shape index (κ2) is 8.11. The molecule has 1 saturated heterocycles. The molecule has 0 unspecified atom stereocenters. The van der Waals surface area contributed by atoms with Crippen LogP contribution in [0.2, 0.25) is 0 Å². The number of rotatable bonds is 5. The van der Waals surface area contributed by atoms with Crippen LogP contribution in [0.1, 0.15) is 40.0 Å². The highest BCUT2D eigenvalue weighted by Crippen LogP contribution is 2.20. The Morgan fingerprint density at radius 1 is 1.17 bits per heavy atom. The molecule has 5 nitrogen and oxygen atoms in total. The molecule has 2 rings (SSSR count). The number of carbonyl (C=O) groups excluding carboxylic acids is 2. The van der Waals surface area contributed by atoms with Gasteiger partial charge < -0.3 is 16.0 Å². The van der Waals surface area contributed by atoms with Gasteiger partial charge in [0.2, 0.25) is 11.8 Å². The number of nitrogens with one attached hydrogen (secondary N) is 3. The van der Waals surface area contributed by atoms with Crippen molar-refractivity contribution in [2.24, 2.45) is 11.8 Å². The fourth-order valence-electron chi connectivity index (χ4n) is 2.83. The molecule has 1 aromatic carbocycles. The maximum Gasteiger partial charge on any atom is 0.227 e. The zero-order chi connectivity index (χ0) is 16.8. The predicted molar refractivity (Wildman–Crippen MR) is 93.3 cm³/mol. The van der Waals surface area contributed by atoms with Crippen LogP contribution in [0.3, 0.4) is 0 Å². The van der Waals surface area contributed by atoms with Crippen molar-refractivity contribution in [2.45, 2.75) is 46.1 Å². The lowest BCUT2D eigenvalue weighted by Crippen LogP contribution is -2.40. The molecule has 1 fully saturated rings. The Morgan fingerprint density at radius 3 is 2.35 bits per heavy atom. The average molecular weight is 317 g/mol. The number of piperidine rings is 1. The predicted octanol–water partition coefficient (Wildman–Crippen LogP) is 3.00. The minimum Gasteiger partial charge on any atom is -0.326 e. The zero-order valence-electron chi connectivity index (χ0n) is 14.2. The Balaban J connectivity index is 1.87. The first kappa shape index (κ1) is 17.5. The number of hydrogen-bond acceptors (Lipinski definition) is 3. The monoisotopic (exact) mass is 317 g/mol. The minimum absolute atomic E-state index is 0.0143. The first-order chi connectivity index (χ1) is 10.9. The molecule has 3 N–H and O–H groups in total. The summed E-state index contributed by atoms with van der Waals surface area (Å²) in [5.41, 5.74) is 1.52. The van der Waals surface area contributed by atoms with Gasteiger partial charge in [0, 0.05) is 29.8 Å². The van der Waals surface area contributed by atoms with Gasteiger partial charge in [-0.1, -0.05) is 13.8 Å². The highest BCUT2D eigenvalue weighted by Gasteiger charge is 2.24. The molecule has 0 bridgehead atoms. The van der Waals surface area contributed by atoms with Crippen LogP contribution in [0.15, 0.2) is 24.3 Å². The van der Waals surface area contributed by atoms with Crippen LogP contribution in [-0.2, 0) is 9.59 Å². The van der Waals surface area contributed by atoms with Crippen molar-refractivity contribution in [3.8, 4) is 0 Å². The van der Waals surface area contributed by atoms with Crippen molar-refractivity contribution in [1.82, 2.24) is 5.32 Å². The lowest BCUT2D eigenvalue weighted by atomic mass is 9.92. The summed E-state index contributed by atoms with van der Waals surface area (Å²) in [7, 11) is 0. The van der Waals surface area contributed by atoms with Gasteiger partial charge in [0.25, 0.3) is 0 Å². The van der Waals surface area contributed by atoms with E-state index in [1.165, 1.54) is 0 Å². The van der Waals surface area contributed by atoms with Crippen molar-refractivity contribution in [3.63, 3.8) is 0 Å². The van der Waals surface area contributed by atoms with Crippen molar-refractivity contribution >= 4 is 23.2 Å². The van der Waals surface area contributed by atoms with Gasteiger partial charge in [-0.3, -0.25) is 9.59 Å². The molecule has 1 heterocycles. The lowest BCUT2D eigenvalue weighted by molar-refractivity contribution is -0.121. The molecular weight excluding hydrogens is 290 g/mol. The number of amides is 2. The van der Waals surface area contributed by atoms with Crippen LogP contribution in [0, 0.1) is 11.8 Å². The van der Waals surface area contributed by atoms with Gasteiger partial charge in [0.05, 0.1) is 0 Å². The fourth-order valence-corrected chi connectivity index (χ4v) is 2.83. The van der Waals surface area contributed by atoms with E-state index in [0.29, 0.717) is 18.4 Å². The zero-order valence-corrected chi connectivity index (χ0v) is 14.2. The first-order valence-corrected chi connectivity index (χ1v) is 8.38. The number of benzene rings is 1. The van der Waals surface area contributed by atoms with Crippen molar-refractivity contribution in [3.05, 3.63) is 24.3 Å². The van der Waals surface area contributed by atoms with Crippen molar-refractivity contribution in [1.29, 1.82) is 0 Å². The smallest absolute Gasteiger partial charge is 0.227 e. The van der Waals surface area contributed by atoms with Crippen LogP contribution in [-0.4, -0.2) is 24.4 Å². The molecule has 0 aromatic heterocycles. The molecule has 0 aliphatic carbocycles. The Hall–Kier alpha value is -1.88. The minimum atomic E-state index is 0.0143. The van der Waals surface area contributed by atoms with E-state index in [4.69, 9.17) is 0 Å². The Labute approximate surface area is 138 Å². The summed E-state index contributed by atoms with van der Waals surface area (Å²) in [4.78, 5) is 24.0. The molecule has 1 aromatic rings. The van der Waals surface area contributed by atoms with E-state index in [0.717, 1.165) is 30.8 Å². The summed E-state index contributed by atoms with van der Waals surface area (Å²) < 4.78 is 0. The van der Waals surface area contributed by atoms with Crippen LogP contribution in [0.5, 0.6) is 0 Å². The molecule has 0 spiro atoms. The molecular formula is C18H27N3O2. The van der Waals surface area contributed by atoms with E-state index in [1.54, 1.807) is 0 Å². The van der Waals surface area contributed by atoms with Gasteiger partial charge in [-0.25, -0.2) is 0 Å². The Kier molecular flexibility index (Phi) is 6.16. The normalized spacial score (nSPS) is 21.0. The van der Waals surface area contributed by atoms with Gasteiger partial charge >= 0.3 is 0 Å². The summed E-state index contributed by atoms with van der Waals surface area (Å²) in [5.74, 6) is 0.494. The van der Waals surface area contributed by atoms with Crippen LogP contribution >= 0.6 is 0 Å². The largest absolute Gasteiger partial charge is 0.326 e.